The standard InChI is InChI=1S/C11H12BrF2N/c12-11-8(2-1-3-10(11)14)6-15-5-4-9(13)7-15/h1-3,9H,4-7H2. The average Bonchev–Trinajstić information content (AvgIpc) is 2.59. The maximum Gasteiger partial charge on any atom is 0.137 e. The van der Waals surface area contributed by atoms with E-state index in [1.807, 2.05) is 11.0 Å². The number of alkyl halides is 1. The van der Waals surface area contributed by atoms with Crippen molar-refractivity contribution in [2.24, 2.45) is 0 Å². The summed E-state index contributed by atoms with van der Waals surface area (Å²) in [5.74, 6) is -0.261. The largest absolute Gasteiger partial charge is 0.296 e. The molecule has 0 spiro atoms. The third-order valence-corrected chi connectivity index (χ3v) is 3.53. The van der Waals surface area contributed by atoms with Gasteiger partial charge in [0.15, 0.2) is 0 Å². The fourth-order valence-corrected chi connectivity index (χ4v) is 2.23. The lowest BCUT2D eigenvalue weighted by atomic mass is 10.2. The van der Waals surface area contributed by atoms with E-state index in [-0.39, 0.29) is 5.82 Å². The fraction of sp³-hybridized carbons (Fsp3) is 0.455. The zero-order valence-corrected chi connectivity index (χ0v) is 9.80. The molecule has 2 rings (SSSR count). The van der Waals surface area contributed by atoms with E-state index in [1.165, 1.54) is 6.07 Å². The van der Waals surface area contributed by atoms with Crippen LogP contribution in [0.4, 0.5) is 8.78 Å². The van der Waals surface area contributed by atoms with Crippen LogP contribution in [0.1, 0.15) is 12.0 Å². The predicted molar refractivity (Wildman–Crippen MR) is 58.9 cm³/mol. The first-order valence-electron chi connectivity index (χ1n) is 4.96. The van der Waals surface area contributed by atoms with Crippen molar-refractivity contribution in [2.75, 3.05) is 13.1 Å². The summed E-state index contributed by atoms with van der Waals surface area (Å²) >= 11 is 3.21. The summed E-state index contributed by atoms with van der Waals surface area (Å²) < 4.78 is 26.6. The number of rotatable bonds is 2. The van der Waals surface area contributed by atoms with Gasteiger partial charge >= 0.3 is 0 Å². The van der Waals surface area contributed by atoms with Crippen LogP contribution >= 0.6 is 15.9 Å². The second-order valence-electron chi connectivity index (χ2n) is 3.83. The molecular weight excluding hydrogens is 264 g/mol. The van der Waals surface area contributed by atoms with Crippen LogP contribution in [0.5, 0.6) is 0 Å². The molecule has 0 aromatic heterocycles. The van der Waals surface area contributed by atoms with Gasteiger partial charge in [-0.25, -0.2) is 8.78 Å². The van der Waals surface area contributed by atoms with Gasteiger partial charge < -0.3 is 0 Å². The van der Waals surface area contributed by atoms with Crippen LogP contribution in [0, 0.1) is 5.82 Å². The maximum absolute atomic E-state index is 13.2. The molecule has 0 aliphatic carbocycles. The maximum atomic E-state index is 13.2. The molecule has 1 aromatic carbocycles. The minimum absolute atomic E-state index is 0.261. The van der Waals surface area contributed by atoms with Gasteiger partial charge in [-0.05, 0) is 34.0 Å². The Morgan fingerprint density at radius 2 is 2.27 bits per heavy atom. The van der Waals surface area contributed by atoms with Gasteiger partial charge in [0.05, 0.1) is 4.47 Å². The Bertz CT molecular complexity index is 356. The van der Waals surface area contributed by atoms with E-state index >= 15 is 0 Å². The number of nitrogens with zero attached hydrogens (tertiary/aromatic N) is 1. The van der Waals surface area contributed by atoms with Crippen molar-refractivity contribution in [1.82, 2.24) is 4.90 Å². The van der Waals surface area contributed by atoms with Crippen LogP contribution in [0.25, 0.3) is 0 Å². The summed E-state index contributed by atoms with van der Waals surface area (Å²) in [5.41, 5.74) is 0.879. The molecule has 15 heavy (non-hydrogen) atoms. The van der Waals surface area contributed by atoms with Crippen molar-refractivity contribution >= 4 is 15.9 Å². The van der Waals surface area contributed by atoms with E-state index in [0.29, 0.717) is 24.0 Å². The lowest BCUT2D eigenvalue weighted by Gasteiger charge is -2.15. The van der Waals surface area contributed by atoms with Crippen LogP contribution in [-0.4, -0.2) is 24.2 Å². The van der Waals surface area contributed by atoms with Gasteiger partial charge in [-0.2, -0.15) is 0 Å². The second-order valence-corrected chi connectivity index (χ2v) is 4.63. The number of halogens is 3. The molecule has 0 radical (unpaired) electrons. The Hall–Kier alpha value is -0.480. The highest BCUT2D eigenvalue weighted by Gasteiger charge is 2.22. The van der Waals surface area contributed by atoms with Crippen LogP contribution < -0.4 is 0 Å². The topological polar surface area (TPSA) is 3.24 Å². The van der Waals surface area contributed by atoms with Gasteiger partial charge in [0, 0.05) is 19.6 Å². The molecule has 0 saturated carbocycles. The molecule has 1 heterocycles. The van der Waals surface area contributed by atoms with Crippen LogP contribution in [0.2, 0.25) is 0 Å². The minimum atomic E-state index is -0.725. The normalized spacial score (nSPS) is 22.2. The summed E-state index contributed by atoms with van der Waals surface area (Å²) in [7, 11) is 0. The number of likely N-dealkylation sites (tertiary alicyclic amines) is 1. The van der Waals surface area contributed by atoms with E-state index in [0.717, 1.165) is 12.1 Å². The van der Waals surface area contributed by atoms with Crippen LogP contribution in [0.15, 0.2) is 22.7 Å². The molecule has 1 aliphatic rings. The molecule has 82 valence electrons. The quantitative estimate of drug-likeness (QED) is 0.802. The fourth-order valence-electron chi connectivity index (χ4n) is 1.84. The average molecular weight is 276 g/mol. The number of hydrogen-bond acceptors (Lipinski definition) is 1. The molecule has 1 nitrogen and oxygen atoms in total. The first-order chi connectivity index (χ1) is 7.16. The van der Waals surface area contributed by atoms with Crippen molar-refractivity contribution in [3.05, 3.63) is 34.1 Å². The minimum Gasteiger partial charge on any atom is -0.296 e. The molecule has 0 amide bonds. The summed E-state index contributed by atoms with van der Waals surface area (Å²) in [4.78, 5) is 2.00. The summed E-state index contributed by atoms with van der Waals surface area (Å²) in [6, 6.07) is 4.95. The first-order valence-corrected chi connectivity index (χ1v) is 5.75. The Balaban J connectivity index is 2.07. The third-order valence-electron chi connectivity index (χ3n) is 2.64. The summed E-state index contributed by atoms with van der Waals surface area (Å²) in [5, 5.41) is 0. The highest BCUT2D eigenvalue weighted by molar-refractivity contribution is 9.10. The highest BCUT2D eigenvalue weighted by atomic mass is 79.9. The van der Waals surface area contributed by atoms with Crippen molar-refractivity contribution in [3.8, 4) is 0 Å². The Morgan fingerprint density at radius 3 is 2.93 bits per heavy atom. The second kappa shape index (κ2) is 4.58. The molecule has 1 unspecified atom stereocenters. The van der Waals surface area contributed by atoms with E-state index in [2.05, 4.69) is 15.9 Å². The van der Waals surface area contributed by atoms with E-state index in [1.54, 1.807) is 6.07 Å². The molecule has 0 N–H and O–H groups in total. The molecule has 1 atom stereocenters. The van der Waals surface area contributed by atoms with Gasteiger partial charge in [0.1, 0.15) is 12.0 Å². The molecule has 1 aliphatic heterocycles. The smallest absolute Gasteiger partial charge is 0.137 e. The molecule has 4 heteroatoms. The molecular formula is C11H12BrF2N. The monoisotopic (exact) mass is 275 g/mol. The number of hydrogen-bond donors (Lipinski definition) is 0. The van der Waals surface area contributed by atoms with Gasteiger partial charge in [0.25, 0.3) is 0 Å². The zero-order valence-electron chi connectivity index (χ0n) is 8.22. The van der Waals surface area contributed by atoms with E-state index in [9.17, 15) is 8.78 Å². The van der Waals surface area contributed by atoms with Gasteiger partial charge in [-0.1, -0.05) is 12.1 Å². The summed E-state index contributed by atoms with van der Waals surface area (Å²) in [6.45, 7) is 1.83. The van der Waals surface area contributed by atoms with Crippen molar-refractivity contribution in [1.29, 1.82) is 0 Å². The van der Waals surface area contributed by atoms with E-state index in [4.69, 9.17) is 0 Å². The van der Waals surface area contributed by atoms with Crippen LogP contribution in [0.3, 0.4) is 0 Å². The van der Waals surface area contributed by atoms with Gasteiger partial charge in [-0.3, -0.25) is 4.90 Å². The lowest BCUT2D eigenvalue weighted by molar-refractivity contribution is 0.282. The molecule has 1 saturated heterocycles. The lowest BCUT2D eigenvalue weighted by Crippen LogP contribution is -2.20. The predicted octanol–water partition coefficient (Wildman–Crippen LogP) is 3.13. The van der Waals surface area contributed by atoms with Gasteiger partial charge in [0.2, 0.25) is 0 Å². The molecule has 1 fully saturated rings. The van der Waals surface area contributed by atoms with E-state index < -0.39 is 6.17 Å². The molecule has 0 bridgehead atoms. The Kier molecular flexibility index (Phi) is 3.36. The van der Waals surface area contributed by atoms with Crippen molar-refractivity contribution < 1.29 is 8.78 Å². The van der Waals surface area contributed by atoms with Crippen molar-refractivity contribution in [2.45, 2.75) is 19.1 Å². The Labute approximate surface area is 96.2 Å². The molecule has 1 aromatic rings. The van der Waals surface area contributed by atoms with Crippen molar-refractivity contribution in [3.63, 3.8) is 0 Å². The van der Waals surface area contributed by atoms with Gasteiger partial charge in [-0.15, -0.1) is 0 Å². The SMILES string of the molecule is Fc1cccc(CN2CCC(F)C2)c1Br. The van der Waals surface area contributed by atoms with Crippen LogP contribution in [-0.2, 0) is 6.54 Å². The number of benzene rings is 1. The summed E-state index contributed by atoms with van der Waals surface area (Å²) in [6.07, 6.45) is -0.134. The Morgan fingerprint density at radius 1 is 1.47 bits per heavy atom. The first kappa shape index (κ1) is 11.0. The highest BCUT2D eigenvalue weighted by Crippen LogP contribution is 2.23. The third kappa shape index (κ3) is 2.55. The zero-order chi connectivity index (χ0) is 10.8.